The molecule has 9 aromatic rings. The zero-order valence-corrected chi connectivity index (χ0v) is 68.9. The topological polar surface area (TPSA) is 284 Å². The van der Waals surface area contributed by atoms with Crippen LogP contribution in [-0.2, 0) is 0 Å². The molecule has 34 heteroatoms. The van der Waals surface area contributed by atoms with Crippen molar-refractivity contribution in [3.05, 3.63) is 111 Å². The zero-order valence-electron chi connectivity index (χ0n) is 66.4. The number of anilines is 18. The van der Waals surface area contributed by atoms with Crippen molar-refractivity contribution in [1.29, 1.82) is 0 Å². The highest BCUT2D eigenvalue weighted by molar-refractivity contribution is 7.17. The van der Waals surface area contributed by atoms with Gasteiger partial charge in [-0.25, -0.2) is 29.9 Å². The van der Waals surface area contributed by atoms with Gasteiger partial charge in [0.05, 0.1) is 58.7 Å². The third kappa shape index (κ3) is 16.4. The van der Waals surface area contributed by atoms with Crippen LogP contribution in [-0.4, -0.2) is 267 Å². The first-order valence-electron chi connectivity index (χ1n) is 38.3. The van der Waals surface area contributed by atoms with Gasteiger partial charge >= 0.3 is 0 Å². The Morgan fingerprint density at radius 1 is 0.455 bits per heavy atom. The van der Waals surface area contributed by atoms with Crippen molar-refractivity contribution in [3.63, 3.8) is 0 Å². The molecule has 0 radical (unpaired) electrons. The first-order valence-corrected chi connectivity index (χ1v) is 40.8. The first-order chi connectivity index (χ1) is 54.1. The number of nitrogens with zero attached hydrogens (tertiary/aromatic N) is 22. The largest absolute Gasteiger partial charge is 0.495 e. The van der Waals surface area contributed by atoms with Gasteiger partial charge in [0, 0.05) is 173 Å². The predicted molar refractivity (Wildman–Crippen MR) is 450 cm³/mol. The molecule has 16 rings (SSSR count). The summed E-state index contributed by atoms with van der Waals surface area (Å²) in [5.74, 6) is 4.30. The number of benzene rings is 3. The molecule has 0 atom stereocenters. The molecule has 592 valence electrons. The van der Waals surface area contributed by atoms with Crippen LogP contribution >= 0.6 is 34.0 Å². The number of hydrogen-bond acceptors (Lipinski definition) is 31. The van der Waals surface area contributed by atoms with E-state index in [1.54, 1.807) is 61.5 Å². The first kappa shape index (κ1) is 78.5. The van der Waals surface area contributed by atoms with E-state index in [1.165, 1.54) is 65.6 Å². The van der Waals surface area contributed by atoms with Crippen LogP contribution in [0.5, 0.6) is 11.5 Å². The minimum absolute atomic E-state index is 0.0874. The summed E-state index contributed by atoms with van der Waals surface area (Å²) in [7, 11) is 13.4. The third-order valence-electron chi connectivity index (χ3n) is 21.5. The zero-order chi connectivity index (χ0) is 78.8. The molecule has 4 fully saturated rings. The lowest BCUT2D eigenvalue weighted by molar-refractivity contribution is 0.0981. The van der Waals surface area contributed by atoms with Gasteiger partial charge in [0.15, 0.2) is 34.5 Å². The van der Waals surface area contributed by atoms with Crippen LogP contribution in [0.1, 0.15) is 85.7 Å². The summed E-state index contributed by atoms with van der Waals surface area (Å²) in [5.41, 5.74) is 10.3. The number of methoxy groups -OCH3 is 1. The van der Waals surface area contributed by atoms with Gasteiger partial charge in [-0.3, -0.25) is 19.3 Å². The highest BCUT2D eigenvalue weighted by atomic mass is 32.1. The van der Waals surface area contributed by atoms with Crippen molar-refractivity contribution < 1.29 is 29.0 Å². The molecule has 31 nitrogen and oxygen atoms in total. The standard InChI is InChI=1S/C29H39N9O2S.C25H32N8O3S.C24H30N8OS/c1-6-38-26-23(35(4)27(39)25-28(38)41-19(2)31-25)18-30-29(33-26)32-20-7-8-22(24(17-20)40-5)37-11-9-21(10-12-37)36-15-13-34(3)14-16-36;1-5-33-22-19(31(4)23(35)21-24(33)37-16(2)27-21)15-26-25(29-22)28-18-7-6-17(14-20(18)36-13-12-34)32-10-8-30(3)9-11-32;1-6-32-21-19(30(5)22(33)20-23(32)34-16(3)26-20)14-25-24(28-21)27-18-8-7-17(13-15(18)2)31-11-9-29(4)10-12-31/h7-8,17-18,21H,6,9-16H2,1-5H3,(H,30,32,33);6-7,14-15,34H,5,8-13H2,1-4H3,(H,26,28,29);7-8,13-14H,6,9-12H2,1-5H3,(H,25,27,28). The summed E-state index contributed by atoms with van der Waals surface area (Å²) in [6.45, 7) is 30.8. The smallest absolute Gasteiger partial charge is 0.279 e. The molecule has 0 unspecified atom stereocenters. The maximum atomic E-state index is 13.1. The highest BCUT2D eigenvalue weighted by Gasteiger charge is 2.38. The minimum Gasteiger partial charge on any atom is -0.495 e. The van der Waals surface area contributed by atoms with Crippen LogP contribution in [0.3, 0.4) is 0 Å². The number of rotatable bonds is 17. The maximum Gasteiger partial charge on any atom is 0.279 e. The van der Waals surface area contributed by atoms with E-state index in [-0.39, 0.29) is 30.9 Å². The number of nitrogens with one attached hydrogen (secondary N) is 3. The number of ether oxygens (including phenoxy) is 2. The van der Waals surface area contributed by atoms with Gasteiger partial charge in [0.1, 0.15) is 50.2 Å². The quantitative estimate of drug-likeness (QED) is 0.0659. The molecule has 0 spiro atoms. The Bertz CT molecular complexity index is 4890. The number of aryl methyl sites for hydroxylation is 4. The molecule has 7 aliphatic rings. The number of piperidine rings is 1. The van der Waals surface area contributed by atoms with Crippen molar-refractivity contribution >= 4 is 153 Å². The van der Waals surface area contributed by atoms with Crippen LogP contribution in [0.4, 0.5) is 101 Å². The van der Waals surface area contributed by atoms with Crippen molar-refractivity contribution in [2.45, 2.75) is 67.3 Å². The normalized spacial score (nSPS) is 17.1. The second kappa shape index (κ2) is 34.0. The van der Waals surface area contributed by atoms with E-state index >= 15 is 0 Å². The molecular formula is C78H101N25O6S3. The number of aromatic nitrogens is 9. The lowest BCUT2D eigenvalue weighted by atomic mass is 10.0. The number of amides is 3. The van der Waals surface area contributed by atoms with Crippen LogP contribution in [0, 0.1) is 27.7 Å². The number of aliphatic hydroxyl groups excluding tert-OH is 1. The average Bonchev–Trinajstić information content (AvgIpc) is 1.62. The van der Waals surface area contributed by atoms with Crippen LogP contribution in [0.25, 0.3) is 0 Å². The SMILES string of the molecule is CCN1c2nc(Nc3ccc(N4CCC(N5CCN(C)CC5)CC4)c(OC)c3)ncc2N(C)C(=O)c2nc(C)sc21.CCN1c2nc(Nc3ccc(N4CCN(C)CC4)cc3C)ncc2N(C)C(=O)c2nc(C)sc21.CCN1c2nc(Nc3ccc(N4CCN(C)CC4)cc3OCCO)ncc2N(C)C(=O)c2nc(C)sc21. The summed E-state index contributed by atoms with van der Waals surface area (Å²) in [4.78, 5) is 109. The molecule has 4 saturated heterocycles. The Labute approximate surface area is 666 Å². The van der Waals surface area contributed by atoms with Crippen LogP contribution < -0.4 is 69.5 Å². The predicted octanol–water partition coefficient (Wildman–Crippen LogP) is 10.6. The van der Waals surface area contributed by atoms with E-state index in [9.17, 15) is 19.5 Å². The van der Waals surface area contributed by atoms with Crippen molar-refractivity contribution in [1.82, 2.24) is 64.5 Å². The lowest BCUT2D eigenvalue weighted by Gasteiger charge is -2.42. The minimum atomic E-state index is -0.181. The number of piperazine rings is 3. The van der Waals surface area contributed by atoms with Crippen molar-refractivity contribution in [3.8, 4) is 11.5 Å². The molecule has 13 heterocycles. The number of thiazole rings is 3. The van der Waals surface area contributed by atoms with Gasteiger partial charge in [-0.1, -0.05) is 0 Å². The van der Waals surface area contributed by atoms with Gasteiger partial charge in [-0.2, -0.15) is 15.0 Å². The van der Waals surface area contributed by atoms with E-state index in [0.717, 1.165) is 143 Å². The monoisotopic (exact) mass is 1580 g/mol. The molecule has 3 aromatic carbocycles. The molecule has 112 heavy (non-hydrogen) atoms. The van der Waals surface area contributed by atoms with Crippen molar-refractivity contribution in [2.75, 3.05) is 234 Å². The summed E-state index contributed by atoms with van der Waals surface area (Å²) < 4.78 is 11.7. The molecule has 7 aliphatic heterocycles. The molecule has 4 N–H and O–H groups in total. The second-order valence-electron chi connectivity index (χ2n) is 28.8. The summed E-state index contributed by atoms with van der Waals surface area (Å²) in [6, 6.07) is 19.3. The summed E-state index contributed by atoms with van der Waals surface area (Å²) >= 11 is 4.49. The maximum absolute atomic E-state index is 13.1. The van der Waals surface area contributed by atoms with E-state index in [1.807, 2.05) is 67.5 Å². The van der Waals surface area contributed by atoms with E-state index in [4.69, 9.17) is 24.4 Å². The Morgan fingerprint density at radius 3 is 1.29 bits per heavy atom. The molecular weight excluding hydrogens is 1480 g/mol. The second-order valence-corrected chi connectivity index (χ2v) is 32.4. The number of carbonyl (C=O) groups is 3. The van der Waals surface area contributed by atoms with Gasteiger partial charge in [0.25, 0.3) is 17.7 Å². The Kier molecular flexibility index (Phi) is 23.8. The third-order valence-corrected chi connectivity index (χ3v) is 24.5. The number of hydrogen-bond donors (Lipinski definition) is 4. The Balaban J connectivity index is 0.000000140. The fourth-order valence-corrected chi connectivity index (χ4v) is 17.9. The van der Waals surface area contributed by atoms with Gasteiger partial charge in [-0.05, 0) is 130 Å². The van der Waals surface area contributed by atoms with Gasteiger partial charge in [0.2, 0.25) is 17.8 Å². The fraction of sp³-hybridized carbons (Fsp3) is 0.462. The van der Waals surface area contributed by atoms with Crippen molar-refractivity contribution in [2.24, 2.45) is 0 Å². The average molecular weight is 1580 g/mol. The lowest BCUT2D eigenvalue weighted by Crippen LogP contribution is -2.52. The Morgan fingerprint density at radius 2 is 0.866 bits per heavy atom. The van der Waals surface area contributed by atoms with Gasteiger partial charge < -0.3 is 89.3 Å². The number of fused-ring (bicyclic) bond motifs is 6. The van der Waals surface area contributed by atoms with E-state index in [0.29, 0.717) is 107 Å². The molecule has 6 aromatic heterocycles. The number of carbonyl (C=O) groups excluding carboxylic acids is 3. The number of likely N-dealkylation sites (N-methyl/N-ethyl adjacent to an activating group) is 3. The molecule has 0 bridgehead atoms. The van der Waals surface area contributed by atoms with E-state index < -0.39 is 0 Å². The summed E-state index contributed by atoms with van der Waals surface area (Å²) in [6.07, 6.45) is 7.40. The van der Waals surface area contributed by atoms with Crippen LogP contribution in [0.15, 0.2) is 73.2 Å². The summed E-state index contributed by atoms with van der Waals surface area (Å²) in [5, 5.41) is 24.4. The number of aliphatic hydroxyl groups is 1. The molecule has 0 saturated carbocycles. The Hall–Kier alpha value is -10.2. The van der Waals surface area contributed by atoms with Crippen LogP contribution in [0.2, 0.25) is 0 Å². The highest BCUT2D eigenvalue weighted by Crippen LogP contribution is 2.47. The van der Waals surface area contributed by atoms with E-state index in [2.05, 4.69) is 152 Å². The fourth-order valence-electron chi connectivity index (χ4n) is 15.0. The van der Waals surface area contributed by atoms with Gasteiger partial charge in [-0.15, -0.1) is 34.0 Å². The molecule has 3 amide bonds. The molecule has 0 aliphatic carbocycles.